The molecule has 0 aromatic heterocycles. The smallest absolute Gasteiger partial charge is 0.341 e. The lowest BCUT2D eigenvalue weighted by molar-refractivity contribution is -0.127. The number of hydrogen-bond donors (Lipinski definition) is 3. The quantitative estimate of drug-likeness (QED) is 0.570. The van der Waals surface area contributed by atoms with Gasteiger partial charge in [-0.15, -0.1) is 0 Å². The van der Waals surface area contributed by atoms with E-state index in [1.54, 1.807) is 0 Å². The van der Waals surface area contributed by atoms with Crippen LogP contribution >= 0.6 is 0 Å². The first-order valence-electron chi connectivity index (χ1n) is 9.65. The Balaban J connectivity index is 2.28. The van der Waals surface area contributed by atoms with Crippen LogP contribution in [0, 0.1) is 5.92 Å². The van der Waals surface area contributed by atoms with Crippen molar-refractivity contribution in [1.29, 1.82) is 0 Å². The van der Waals surface area contributed by atoms with Gasteiger partial charge in [0.15, 0.2) is 17.6 Å². The summed E-state index contributed by atoms with van der Waals surface area (Å²) in [5, 5.41) is 4.61. The minimum atomic E-state index is -1.29. The molecule has 1 saturated carbocycles. The number of urea groups is 1. The predicted octanol–water partition coefficient (Wildman–Crippen LogP) is 1.96. The van der Waals surface area contributed by atoms with Gasteiger partial charge in [-0.1, -0.05) is 19.3 Å². The molecule has 0 aliphatic heterocycles. The second kappa shape index (κ2) is 10.5. The summed E-state index contributed by atoms with van der Waals surface area (Å²) in [6.45, 7) is 1.29. The van der Waals surface area contributed by atoms with Crippen LogP contribution < -0.4 is 25.8 Å². The van der Waals surface area contributed by atoms with Gasteiger partial charge in [0.1, 0.15) is 0 Å². The molecule has 1 atom stereocenters. The van der Waals surface area contributed by atoms with Crippen molar-refractivity contribution in [1.82, 2.24) is 5.32 Å². The number of methoxy groups -OCH3 is 2. The average Bonchev–Trinajstić information content (AvgIpc) is 2.73. The summed E-state index contributed by atoms with van der Waals surface area (Å²) < 4.78 is 15.6. The highest BCUT2D eigenvalue weighted by molar-refractivity contribution is 6.04. The average molecular weight is 421 g/mol. The van der Waals surface area contributed by atoms with Crippen LogP contribution in [-0.2, 0) is 14.3 Å². The van der Waals surface area contributed by atoms with Gasteiger partial charge in [-0.05, 0) is 19.8 Å². The lowest BCUT2D eigenvalue weighted by atomic mass is 9.88. The fourth-order valence-electron chi connectivity index (χ4n) is 3.25. The molecule has 164 valence electrons. The van der Waals surface area contributed by atoms with Crippen LogP contribution in [0.15, 0.2) is 12.1 Å². The van der Waals surface area contributed by atoms with Gasteiger partial charge in [0.05, 0.1) is 25.5 Å². The van der Waals surface area contributed by atoms with E-state index in [2.05, 4.69) is 5.32 Å². The lowest BCUT2D eigenvalue weighted by Gasteiger charge is -2.22. The molecule has 4 amide bonds. The number of benzene rings is 1. The molecule has 10 nitrogen and oxygen atoms in total. The Morgan fingerprint density at radius 1 is 1.03 bits per heavy atom. The van der Waals surface area contributed by atoms with E-state index in [4.69, 9.17) is 19.9 Å². The van der Waals surface area contributed by atoms with Crippen LogP contribution in [0.2, 0.25) is 0 Å². The summed E-state index contributed by atoms with van der Waals surface area (Å²) >= 11 is 0. The number of esters is 1. The van der Waals surface area contributed by atoms with Gasteiger partial charge in [-0.2, -0.15) is 0 Å². The molecule has 0 saturated heterocycles. The van der Waals surface area contributed by atoms with Crippen molar-refractivity contribution in [2.45, 2.75) is 45.1 Å². The van der Waals surface area contributed by atoms with E-state index in [1.165, 1.54) is 33.3 Å². The summed E-state index contributed by atoms with van der Waals surface area (Å²) in [5.41, 5.74) is 5.06. The van der Waals surface area contributed by atoms with Gasteiger partial charge in [0.2, 0.25) is 5.91 Å². The predicted molar refractivity (Wildman–Crippen MR) is 107 cm³/mol. The molecular weight excluding hydrogens is 394 g/mol. The molecule has 0 heterocycles. The Bertz CT molecular complexity index is 819. The standard InChI is InChI=1S/C20H27N3O7/c1-11(17(24)23-20(21)27)30-19(26)13-9-15(28-2)16(29-3)10-14(13)22-18(25)12-7-5-4-6-8-12/h9-12H,4-8H2,1-3H3,(H,22,25)(H3,21,23,24,27)/t11-/m1/s1. The van der Waals surface area contributed by atoms with Crippen molar-refractivity contribution < 1.29 is 33.4 Å². The summed E-state index contributed by atoms with van der Waals surface area (Å²) in [6, 6.07) is 1.76. The first-order chi connectivity index (χ1) is 14.3. The Morgan fingerprint density at radius 2 is 1.63 bits per heavy atom. The number of carbonyl (C=O) groups is 4. The third-order valence-corrected chi connectivity index (χ3v) is 4.88. The number of primary amides is 1. The summed E-state index contributed by atoms with van der Waals surface area (Å²) in [6.07, 6.45) is 3.33. The normalized spacial score (nSPS) is 14.9. The number of ether oxygens (including phenoxy) is 3. The molecule has 0 bridgehead atoms. The van der Waals surface area contributed by atoms with Gasteiger partial charge in [-0.3, -0.25) is 14.9 Å². The molecule has 1 aliphatic carbocycles. The molecule has 4 N–H and O–H groups in total. The highest BCUT2D eigenvalue weighted by atomic mass is 16.5. The van der Waals surface area contributed by atoms with E-state index in [0.717, 1.165) is 32.1 Å². The highest BCUT2D eigenvalue weighted by Crippen LogP contribution is 2.35. The second-order valence-electron chi connectivity index (χ2n) is 6.98. The second-order valence-corrected chi connectivity index (χ2v) is 6.98. The zero-order valence-electron chi connectivity index (χ0n) is 17.3. The SMILES string of the molecule is COc1cc(NC(=O)C2CCCCC2)c(C(=O)O[C@H](C)C(=O)NC(N)=O)cc1OC. The first-order valence-corrected chi connectivity index (χ1v) is 9.65. The topological polar surface area (TPSA) is 146 Å². The number of nitrogens with one attached hydrogen (secondary N) is 2. The van der Waals surface area contributed by atoms with E-state index in [9.17, 15) is 19.2 Å². The molecule has 1 fully saturated rings. The summed E-state index contributed by atoms with van der Waals surface area (Å²) in [5.74, 6) is -1.54. The van der Waals surface area contributed by atoms with E-state index < -0.39 is 24.0 Å². The Hall–Kier alpha value is -3.30. The van der Waals surface area contributed by atoms with Crippen LogP contribution in [0.3, 0.4) is 0 Å². The van der Waals surface area contributed by atoms with Gasteiger partial charge in [-0.25, -0.2) is 9.59 Å². The van der Waals surface area contributed by atoms with Crippen LogP contribution in [0.25, 0.3) is 0 Å². The van der Waals surface area contributed by atoms with Crippen LogP contribution in [0.5, 0.6) is 11.5 Å². The van der Waals surface area contributed by atoms with Crippen molar-refractivity contribution in [3.8, 4) is 11.5 Å². The maximum absolute atomic E-state index is 12.7. The number of carbonyl (C=O) groups excluding carboxylic acids is 4. The minimum absolute atomic E-state index is 0.0180. The van der Waals surface area contributed by atoms with Crippen LogP contribution in [0.4, 0.5) is 10.5 Å². The number of anilines is 1. The highest BCUT2D eigenvalue weighted by Gasteiger charge is 2.27. The Kier molecular flexibility index (Phi) is 8.02. The molecule has 10 heteroatoms. The van der Waals surface area contributed by atoms with E-state index in [0.29, 0.717) is 5.75 Å². The van der Waals surface area contributed by atoms with Gasteiger partial charge < -0.3 is 25.3 Å². The Morgan fingerprint density at radius 3 is 2.20 bits per heavy atom. The Labute approximate surface area is 174 Å². The molecule has 30 heavy (non-hydrogen) atoms. The van der Waals surface area contributed by atoms with E-state index in [-0.39, 0.29) is 28.8 Å². The molecular formula is C20H27N3O7. The third kappa shape index (κ3) is 5.85. The number of hydrogen-bond acceptors (Lipinski definition) is 7. The van der Waals surface area contributed by atoms with E-state index in [1.807, 2.05) is 5.32 Å². The van der Waals surface area contributed by atoms with Crippen LogP contribution in [-0.4, -0.2) is 44.1 Å². The molecule has 0 unspecified atom stereocenters. The van der Waals surface area contributed by atoms with Crippen molar-refractivity contribution in [3.63, 3.8) is 0 Å². The zero-order chi connectivity index (χ0) is 22.3. The molecule has 1 aromatic carbocycles. The fourth-order valence-corrected chi connectivity index (χ4v) is 3.25. The van der Waals surface area contributed by atoms with Gasteiger partial charge in [0, 0.05) is 18.1 Å². The number of imide groups is 1. The largest absolute Gasteiger partial charge is 0.493 e. The molecule has 0 spiro atoms. The zero-order valence-corrected chi connectivity index (χ0v) is 17.3. The maximum Gasteiger partial charge on any atom is 0.341 e. The lowest BCUT2D eigenvalue weighted by Crippen LogP contribution is -2.42. The maximum atomic E-state index is 12.7. The number of amides is 4. The van der Waals surface area contributed by atoms with Crippen LogP contribution in [0.1, 0.15) is 49.4 Å². The van der Waals surface area contributed by atoms with Gasteiger partial charge in [0.25, 0.3) is 5.91 Å². The van der Waals surface area contributed by atoms with Gasteiger partial charge >= 0.3 is 12.0 Å². The summed E-state index contributed by atoms with van der Waals surface area (Å²) in [7, 11) is 2.83. The van der Waals surface area contributed by atoms with Crippen molar-refractivity contribution in [3.05, 3.63) is 17.7 Å². The van der Waals surface area contributed by atoms with Crippen molar-refractivity contribution in [2.75, 3.05) is 19.5 Å². The minimum Gasteiger partial charge on any atom is -0.493 e. The number of nitrogens with two attached hydrogens (primary N) is 1. The molecule has 2 rings (SSSR count). The van der Waals surface area contributed by atoms with Crippen molar-refractivity contribution in [2.24, 2.45) is 11.7 Å². The fraction of sp³-hybridized carbons (Fsp3) is 0.500. The van der Waals surface area contributed by atoms with E-state index >= 15 is 0 Å². The monoisotopic (exact) mass is 421 g/mol. The molecule has 1 aromatic rings. The molecule has 0 radical (unpaired) electrons. The number of rotatable bonds is 7. The molecule has 1 aliphatic rings. The third-order valence-electron chi connectivity index (χ3n) is 4.88. The summed E-state index contributed by atoms with van der Waals surface area (Å²) in [4.78, 5) is 48.1. The van der Waals surface area contributed by atoms with Crippen molar-refractivity contribution >= 4 is 29.5 Å². The first kappa shape index (κ1) is 23.0.